The molecule has 0 aromatic heterocycles. The van der Waals surface area contributed by atoms with E-state index in [4.69, 9.17) is 9.47 Å². The zero-order valence-electron chi connectivity index (χ0n) is 20.2. The largest absolute Gasteiger partial charge is 0.373 e. The Morgan fingerprint density at radius 3 is 1.88 bits per heavy atom. The van der Waals surface area contributed by atoms with E-state index in [2.05, 4.69) is 62.4 Å². The average molecular weight is 435 g/mol. The van der Waals surface area contributed by atoms with E-state index in [0.29, 0.717) is 13.2 Å². The lowest BCUT2D eigenvalue weighted by Crippen LogP contribution is -2.30. The van der Waals surface area contributed by atoms with E-state index in [-0.39, 0.29) is 12.2 Å². The first kappa shape index (κ1) is 23.5. The Bertz CT molecular complexity index is 779. The minimum absolute atomic E-state index is 0.0663. The molecule has 0 unspecified atom stereocenters. The van der Waals surface area contributed by atoms with Crippen LogP contribution in [0.3, 0.4) is 0 Å². The monoisotopic (exact) mass is 434 g/mol. The molecule has 2 fully saturated rings. The molecule has 2 atom stereocenters. The second kappa shape index (κ2) is 12.0. The van der Waals surface area contributed by atoms with Gasteiger partial charge in [0, 0.05) is 0 Å². The van der Waals surface area contributed by atoms with E-state index in [9.17, 15) is 0 Å². The summed E-state index contributed by atoms with van der Waals surface area (Å²) in [6, 6.07) is 18.2. The van der Waals surface area contributed by atoms with E-state index in [1.807, 2.05) is 0 Å². The quantitative estimate of drug-likeness (QED) is 0.368. The third kappa shape index (κ3) is 6.23. The molecule has 1 aliphatic heterocycles. The molecule has 1 saturated heterocycles. The average Bonchev–Trinajstić information content (AvgIpc) is 2.86. The first-order valence-corrected chi connectivity index (χ1v) is 13.2. The molecule has 2 nitrogen and oxygen atoms in total. The molecule has 2 aliphatic rings. The Balaban J connectivity index is 1.29. The molecule has 32 heavy (non-hydrogen) atoms. The Morgan fingerprint density at radius 2 is 1.31 bits per heavy atom. The van der Waals surface area contributed by atoms with Gasteiger partial charge < -0.3 is 9.47 Å². The maximum absolute atomic E-state index is 6.07. The molecular formula is C30H42O2. The van der Waals surface area contributed by atoms with Crippen molar-refractivity contribution in [3.05, 3.63) is 59.7 Å². The van der Waals surface area contributed by atoms with Crippen LogP contribution in [-0.4, -0.2) is 19.3 Å². The molecule has 2 aromatic carbocycles. The third-order valence-electron chi connectivity index (χ3n) is 7.64. The molecule has 4 rings (SSSR count). The minimum Gasteiger partial charge on any atom is -0.373 e. The van der Waals surface area contributed by atoms with Crippen molar-refractivity contribution in [2.45, 2.75) is 96.2 Å². The topological polar surface area (TPSA) is 18.5 Å². The van der Waals surface area contributed by atoms with Gasteiger partial charge in [0.15, 0.2) is 0 Å². The van der Waals surface area contributed by atoms with Gasteiger partial charge in [0.1, 0.15) is 6.10 Å². The zero-order chi connectivity index (χ0) is 22.2. The molecule has 174 valence electrons. The summed E-state index contributed by atoms with van der Waals surface area (Å²) < 4.78 is 12.0. The van der Waals surface area contributed by atoms with Crippen molar-refractivity contribution in [3.8, 4) is 11.1 Å². The van der Waals surface area contributed by atoms with Gasteiger partial charge in [-0.15, -0.1) is 0 Å². The first-order chi connectivity index (χ1) is 15.8. The summed E-state index contributed by atoms with van der Waals surface area (Å²) in [5, 5.41) is 0. The molecule has 0 spiro atoms. The molecule has 0 radical (unpaired) electrons. The number of unbranched alkanes of at least 4 members (excludes halogenated alkanes) is 2. The van der Waals surface area contributed by atoms with Crippen molar-refractivity contribution in [1.29, 1.82) is 0 Å². The van der Waals surface area contributed by atoms with Crippen LogP contribution < -0.4 is 0 Å². The highest BCUT2D eigenvalue weighted by atomic mass is 16.6. The van der Waals surface area contributed by atoms with Crippen molar-refractivity contribution in [3.63, 3.8) is 0 Å². The van der Waals surface area contributed by atoms with Crippen molar-refractivity contribution in [2.24, 2.45) is 5.92 Å². The zero-order valence-corrected chi connectivity index (χ0v) is 20.2. The van der Waals surface area contributed by atoms with Gasteiger partial charge in [-0.2, -0.15) is 0 Å². The standard InChI is InChI=1S/C30H42O2/c1-3-5-6-8-23-9-11-24(12-10-23)25-13-15-26(16-14-25)27-17-19-28(20-18-27)30-22-31-29(7-4-2)21-32-30/h13-20,23-24,29-30H,3-12,21-22H2,1-2H3/t23?,24?,29-,30-/m1/s1. The fraction of sp³-hybridized carbons (Fsp3) is 0.600. The number of hydrogen-bond donors (Lipinski definition) is 0. The van der Waals surface area contributed by atoms with Gasteiger partial charge >= 0.3 is 0 Å². The molecule has 0 bridgehead atoms. The Labute approximate surface area is 195 Å². The van der Waals surface area contributed by atoms with Crippen molar-refractivity contribution >= 4 is 0 Å². The van der Waals surface area contributed by atoms with Gasteiger partial charge in [0.2, 0.25) is 0 Å². The second-order valence-corrected chi connectivity index (χ2v) is 10.0. The lowest BCUT2D eigenvalue weighted by Gasteiger charge is -2.29. The van der Waals surface area contributed by atoms with Gasteiger partial charge in [-0.1, -0.05) is 94.5 Å². The summed E-state index contributed by atoms with van der Waals surface area (Å²) in [6.07, 6.45) is 13.8. The summed E-state index contributed by atoms with van der Waals surface area (Å²) in [5.74, 6) is 1.74. The Morgan fingerprint density at radius 1 is 0.656 bits per heavy atom. The molecule has 0 N–H and O–H groups in total. The summed E-state index contributed by atoms with van der Waals surface area (Å²) in [6.45, 7) is 5.88. The number of rotatable bonds is 9. The highest BCUT2D eigenvalue weighted by molar-refractivity contribution is 5.64. The van der Waals surface area contributed by atoms with Gasteiger partial charge in [-0.25, -0.2) is 0 Å². The smallest absolute Gasteiger partial charge is 0.106 e. The van der Waals surface area contributed by atoms with Crippen LogP contribution in [0.15, 0.2) is 48.5 Å². The fourth-order valence-electron chi connectivity index (χ4n) is 5.53. The molecule has 1 saturated carbocycles. The summed E-state index contributed by atoms with van der Waals surface area (Å²) in [4.78, 5) is 0. The van der Waals surface area contributed by atoms with Gasteiger partial charge in [0.25, 0.3) is 0 Å². The van der Waals surface area contributed by atoms with E-state index in [1.54, 1.807) is 0 Å². The van der Waals surface area contributed by atoms with E-state index in [1.165, 1.54) is 73.6 Å². The van der Waals surface area contributed by atoms with E-state index in [0.717, 1.165) is 24.7 Å². The first-order valence-electron chi connectivity index (χ1n) is 13.2. The van der Waals surface area contributed by atoms with Crippen LogP contribution in [0.5, 0.6) is 0 Å². The van der Waals surface area contributed by atoms with Gasteiger partial charge in [-0.05, 0) is 66.2 Å². The van der Waals surface area contributed by atoms with Crippen LogP contribution in [0.1, 0.15) is 101 Å². The van der Waals surface area contributed by atoms with Crippen molar-refractivity contribution in [2.75, 3.05) is 13.2 Å². The maximum atomic E-state index is 6.07. The highest BCUT2D eigenvalue weighted by Gasteiger charge is 2.23. The summed E-state index contributed by atoms with van der Waals surface area (Å²) >= 11 is 0. The van der Waals surface area contributed by atoms with Gasteiger partial charge in [0.05, 0.1) is 19.3 Å². The number of benzene rings is 2. The summed E-state index contributed by atoms with van der Waals surface area (Å²) in [5.41, 5.74) is 5.33. The number of hydrogen-bond acceptors (Lipinski definition) is 2. The Hall–Kier alpha value is -1.64. The van der Waals surface area contributed by atoms with Crippen LogP contribution in [0.25, 0.3) is 11.1 Å². The predicted molar refractivity (Wildman–Crippen MR) is 134 cm³/mol. The molecule has 0 amide bonds. The molecular weight excluding hydrogens is 392 g/mol. The summed E-state index contributed by atoms with van der Waals surface area (Å²) in [7, 11) is 0. The van der Waals surface area contributed by atoms with Crippen LogP contribution in [-0.2, 0) is 9.47 Å². The SMILES string of the molecule is CCCCCC1CCC(c2ccc(-c3ccc([C@H]4CO[C@H](CCC)CO4)cc3)cc2)CC1. The second-order valence-electron chi connectivity index (χ2n) is 10.0. The Kier molecular flexibility index (Phi) is 8.82. The van der Waals surface area contributed by atoms with Crippen LogP contribution in [0.2, 0.25) is 0 Å². The number of ether oxygens (including phenoxy) is 2. The molecule has 2 heteroatoms. The normalized spacial score (nSPS) is 26.2. The van der Waals surface area contributed by atoms with E-state index >= 15 is 0 Å². The minimum atomic E-state index is 0.0663. The van der Waals surface area contributed by atoms with Crippen molar-refractivity contribution in [1.82, 2.24) is 0 Å². The van der Waals surface area contributed by atoms with Gasteiger partial charge in [-0.3, -0.25) is 0 Å². The van der Waals surface area contributed by atoms with Crippen molar-refractivity contribution < 1.29 is 9.47 Å². The highest BCUT2D eigenvalue weighted by Crippen LogP contribution is 2.38. The van der Waals surface area contributed by atoms with E-state index < -0.39 is 0 Å². The molecule has 1 aliphatic carbocycles. The third-order valence-corrected chi connectivity index (χ3v) is 7.64. The van der Waals surface area contributed by atoms with Crippen LogP contribution in [0.4, 0.5) is 0 Å². The maximum Gasteiger partial charge on any atom is 0.106 e. The van der Waals surface area contributed by atoms with Crippen LogP contribution >= 0.6 is 0 Å². The lowest BCUT2D eigenvalue weighted by atomic mass is 9.77. The predicted octanol–water partition coefficient (Wildman–Crippen LogP) is 8.46. The fourth-order valence-corrected chi connectivity index (χ4v) is 5.53. The van der Waals surface area contributed by atoms with Crippen LogP contribution in [0, 0.1) is 5.92 Å². The molecule has 1 heterocycles. The lowest BCUT2D eigenvalue weighted by molar-refractivity contribution is -0.137. The molecule has 2 aromatic rings.